The summed E-state index contributed by atoms with van der Waals surface area (Å²) < 4.78 is 4.96. The summed E-state index contributed by atoms with van der Waals surface area (Å²) in [6.45, 7) is 4.14. The summed E-state index contributed by atoms with van der Waals surface area (Å²) in [5, 5.41) is 20.0. The van der Waals surface area contributed by atoms with E-state index in [1.807, 2.05) is 6.92 Å². The molecule has 0 aliphatic rings. The fourth-order valence-corrected chi connectivity index (χ4v) is 1.61. The Morgan fingerprint density at radius 2 is 2.06 bits per heavy atom. The lowest BCUT2D eigenvalue weighted by Crippen LogP contribution is -2.51. The third-order valence-electron chi connectivity index (χ3n) is 2.56. The number of carbonyl (C=O) groups is 2. The van der Waals surface area contributed by atoms with Gasteiger partial charge in [-0.1, -0.05) is 0 Å². The van der Waals surface area contributed by atoms with Crippen LogP contribution >= 0.6 is 0 Å². The largest absolute Gasteiger partial charge is 0.480 e. The summed E-state index contributed by atoms with van der Waals surface area (Å²) in [4.78, 5) is 24.2. The number of likely N-dealkylation sites (N-methyl/N-ethyl adjacent to an activating group) is 1. The average molecular weight is 262 g/mol. The van der Waals surface area contributed by atoms with E-state index in [2.05, 4.69) is 5.32 Å². The van der Waals surface area contributed by atoms with Crippen molar-refractivity contribution in [3.63, 3.8) is 0 Å². The summed E-state index contributed by atoms with van der Waals surface area (Å²) in [5.74, 6) is -1.16. The molecule has 7 heteroatoms. The summed E-state index contributed by atoms with van der Waals surface area (Å²) in [6.07, 6.45) is -0.0166. The van der Waals surface area contributed by atoms with E-state index in [-0.39, 0.29) is 19.1 Å². The van der Waals surface area contributed by atoms with E-state index in [9.17, 15) is 9.59 Å². The normalized spacial score (nSPS) is 13.8. The van der Waals surface area contributed by atoms with Gasteiger partial charge in [-0.15, -0.1) is 0 Å². The van der Waals surface area contributed by atoms with E-state index in [1.165, 1.54) is 12.0 Å². The van der Waals surface area contributed by atoms with Gasteiger partial charge in [0, 0.05) is 26.7 Å². The number of carbonyl (C=O) groups excluding carboxylic acids is 1. The molecule has 0 aliphatic carbocycles. The molecule has 0 bridgehead atoms. The van der Waals surface area contributed by atoms with Crippen molar-refractivity contribution in [2.24, 2.45) is 0 Å². The van der Waals surface area contributed by atoms with Crippen LogP contribution in [-0.4, -0.2) is 66.1 Å². The van der Waals surface area contributed by atoms with Crippen molar-refractivity contribution in [3.05, 3.63) is 0 Å². The van der Waals surface area contributed by atoms with Crippen LogP contribution in [0.4, 0.5) is 4.79 Å². The molecule has 0 rings (SSSR count). The number of aliphatic hydroxyl groups excluding tert-OH is 1. The highest BCUT2D eigenvalue weighted by molar-refractivity contribution is 5.82. The van der Waals surface area contributed by atoms with Crippen molar-refractivity contribution in [1.29, 1.82) is 0 Å². The predicted molar refractivity (Wildman–Crippen MR) is 65.4 cm³/mol. The van der Waals surface area contributed by atoms with Crippen molar-refractivity contribution >= 4 is 12.0 Å². The van der Waals surface area contributed by atoms with Gasteiger partial charge in [0.05, 0.1) is 12.6 Å². The molecule has 7 nitrogen and oxygen atoms in total. The highest BCUT2D eigenvalue weighted by Gasteiger charge is 2.24. The topological polar surface area (TPSA) is 99.1 Å². The van der Waals surface area contributed by atoms with Crippen molar-refractivity contribution < 1.29 is 24.5 Å². The summed E-state index contributed by atoms with van der Waals surface area (Å²) in [7, 11) is 1.54. The molecule has 18 heavy (non-hydrogen) atoms. The number of aliphatic carboxylic acids is 1. The first kappa shape index (κ1) is 16.7. The maximum Gasteiger partial charge on any atom is 0.326 e. The number of hydrogen-bond donors (Lipinski definition) is 3. The quantitative estimate of drug-likeness (QED) is 0.567. The zero-order valence-electron chi connectivity index (χ0n) is 11.0. The minimum atomic E-state index is -1.16. The first-order valence-electron chi connectivity index (χ1n) is 5.87. The Morgan fingerprint density at radius 1 is 1.44 bits per heavy atom. The molecule has 0 aliphatic heterocycles. The van der Waals surface area contributed by atoms with E-state index in [0.717, 1.165) is 0 Å². The van der Waals surface area contributed by atoms with Gasteiger partial charge in [-0.05, 0) is 13.8 Å². The Hall–Kier alpha value is -1.34. The van der Waals surface area contributed by atoms with Crippen molar-refractivity contribution in [2.75, 3.05) is 26.9 Å². The molecule has 0 heterocycles. The van der Waals surface area contributed by atoms with Gasteiger partial charge in [0.2, 0.25) is 0 Å². The fraction of sp³-hybridized carbons (Fsp3) is 0.818. The Morgan fingerprint density at radius 3 is 2.44 bits per heavy atom. The molecule has 1 unspecified atom stereocenters. The van der Waals surface area contributed by atoms with E-state index in [1.54, 1.807) is 6.92 Å². The number of methoxy groups -OCH3 is 1. The van der Waals surface area contributed by atoms with Gasteiger partial charge in [-0.3, -0.25) is 0 Å². The number of amides is 2. The van der Waals surface area contributed by atoms with Crippen LogP contribution in [-0.2, 0) is 9.53 Å². The second-order valence-corrected chi connectivity index (χ2v) is 3.94. The van der Waals surface area contributed by atoms with Gasteiger partial charge in [-0.25, -0.2) is 9.59 Å². The van der Waals surface area contributed by atoms with Crippen molar-refractivity contribution in [3.8, 4) is 0 Å². The standard InChI is InChI=1S/C11H22N2O5/c1-4-13(8(2)7-18-3)11(17)12-9(5-6-14)10(15)16/h8-9,14H,4-7H2,1-3H3,(H,12,17)(H,15,16)/t8?,9-/m0/s1. The Kier molecular flexibility index (Phi) is 8.06. The van der Waals surface area contributed by atoms with Crippen LogP contribution in [0.1, 0.15) is 20.3 Å². The highest BCUT2D eigenvalue weighted by atomic mass is 16.5. The van der Waals surface area contributed by atoms with E-state index in [0.29, 0.717) is 13.2 Å². The predicted octanol–water partition coefficient (Wildman–Crippen LogP) is -0.112. The Balaban J connectivity index is 4.53. The summed E-state index contributed by atoms with van der Waals surface area (Å²) in [5.41, 5.74) is 0. The van der Waals surface area contributed by atoms with Gasteiger partial charge in [-0.2, -0.15) is 0 Å². The summed E-state index contributed by atoms with van der Waals surface area (Å²) in [6, 6.07) is -1.70. The molecule has 0 saturated carbocycles. The molecule has 0 aromatic rings. The number of hydrogen-bond acceptors (Lipinski definition) is 4. The number of nitrogens with zero attached hydrogens (tertiary/aromatic N) is 1. The number of rotatable bonds is 8. The molecule has 106 valence electrons. The molecule has 2 amide bonds. The molecule has 0 spiro atoms. The molecule has 0 aromatic heterocycles. The van der Waals surface area contributed by atoms with E-state index >= 15 is 0 Å². The maximum absolute atomic E-state index is 11.9. The minimum absolute atomic E-state index is 0.0166. The lowest BCUT2D eigenvalue weighted by Gasteiger charge is -2.29. The minimum Gasteiger partial charge on any atom is -0.480 e. The molecule has 0 radical (unpaired) electrons. The number of urea groups is 1. The molecular formula is C11H22N2O5. The van der Waals surface area contributed by atoms with Crippen LogP contribution in [0, 0.1) is 0 Å². The Labute approximate surface area is 107 Å². The van der Waals surface area contributed by atoms with Crippen molar-refractivity contribution in [1.82, 2.24) is 10.2 Å². The van der Waals surface area contributed by atoms with Crippen LogP contribution < -0.4 is 5.32 Å². The van der Waals surface area contributed by atoms with Crippen molar-refractivity contribution in [2.45, 2.75) is 32.4 Å². The number of carboxylic acids is 1. The molecule has 0 fully saturated rings. The van der Waals surface area contributed by atoms with Gasteiger partial charge >= 0.3 is 12.0 Å². The number of carboxylic acid groups (broad SMARTS) is 1. The maximum atomic E-state index is 11.9. The molecule has 0 aromatic carbocycles. The van der Waals surface area contributed by atoms with Crippen LogP contribution in [0.3, 0.4) is 0 Å². The number of ether oxygens (including phenoxy) is 1. The molecule has 0 saturated heterocycles. The number of aliphatic hydroxyl groups is 1. The average Bonchev–Trinajstić information content (AvgIpc) is 2.29. The SMILES string of the molecule is CCN(C(=O)N[C@@H](CCO)C(=O)O)C(C)COC. The highest BCUT2D eigenvalue weighted by Crippen LogP contribution is 2.02. The van der Waals surface area contributed by atoms with Crippen LogP contribution in [0.5, 0.6) is 0 Å². The zero-order chi connectivity index (χ0) is 14.1. The van der Waals surface area contributed by atoms with E-state index in [4.69, 9.17) is 14.9 Å². The Bertz CT molecular complexity index is 272. The zero-order valence-corrected chi connectivity index (χ0v) is 11.0. The van der Waals surface area contributed by atoms with Crippen LogP contribution in [0.15, 0.2) is 0 Å². The second kappa shape index (κ2) is 8.71. The fourth-order valence-electron chi connectivity index (χ4n) is 1.61. The van der Waals surface area contributed by atoms with E-state index < -0.39 is 18.0 Å². The smallest absolute Gasteiger partial charge is 0.326 e. The third kappa shape index (κ3) is 5.33. The monoisotopic (exact) mass is 262 g/mol. The molecular weight excluding hydrogens is 240 g/mol. The van der Waals surface area contributed by atoms with Gasteiger partial charge in [0.15, 0.2) is 0 Å². The molecule has 2 atom stereocenters. The first-order valence-corrected chi connectivity index (χ1v) is 5.87. The van der Waals surface area contributed by atoms with Crippen LogP contribution in [0.2, 0.25) is 0 Å². The first-order chi connectivity index (χ1) is 8.47. The summed E-state index contributed by atoms with van der Waals surface area (Å²) >= 11 is 0. The number of nitrogens with one attached hydrogen (secondary N) is 1. The molecule has 3 N–H and O–H groups in total. The second-order valence-electron chi connectivity index (χ2n) is 3.94. The van der Waals surface area contributed by atoms with Gasteiger partial charge in [0.25, 0.3) is 0 Å². The van der Waals surface area contributed by atoms with Crippen LogP contribution in [0.25, 0.3) is 0 Å². The lowest BCUT2D eigenvalue weighted by atomic mass is 10.2. The lowest BCUT2D eigenvalue weighted by molar-refractivity contribution is -0.139. The van der Waals surface area contributed by atoms with Gasteiger partial charge < -0.3 is 25.2 Å². The third-order valence-corrected chi connectivity index (χ3v) is 2.56. The van der Waals surface area contributed by atoms with Gasteiger partial charge in [0.1, 0.15) is 6.04 Å².